The number of carbonyl (C=O) groups excluding carboxylic acids is 1. The molecule has 0 aromatic carbocycles. The third kappa shape index (κ3) is 7.31. The molecule has 0 fully saturated rings. The molecule has 24 heavy (non-hydrogen) atoms. The SMILES string of the molecule is CCOCCNC(=NC)NC(C)c1nc(C)c(C(=O)OCC)s1.I. The number of aliphatic imine (C=N–C) groups is 1. The minimum absolute atomic E-state index is 0. The number of thiazole rings is 1. The van der Waals surface area contributed by atoms with E-state index in [4.69, 9.17) is 9.47 Å². The summed E-state index contributed by atoms with van der Waals surface area (Å²) in [5.74, 6) is 0.350. The van der Waals surface area contributed by atoms with Crippen LogP contribution in [0.2, 0.25) is 0 Å². The Hall–Kier alpha value is -0.940. The van der Waals surface area contributed by atoms with E-state index in [1.807, 2.05) is 20.8 Å². The van der Waals surface area contributed by atoms with Crippen molar-refractivity contribution in [2.45, 2.75) is 33.7 Å². The monoisotopic (exact) mass is 470 g/mol. The smallest absolute Gasteiger partial charge is 0.350 e. The van der Waals surface area contributed by atoms with Gasteiger partial charge in [0.2, 0.25) is 0 Å². The maximum Gasteiger partial charge on any atom is 0.350 e. The van der Waals surface area contributed by atoms with Crippen LogP contribution >= 0.6 is 35.3 Å². The van der Waals surface area contributed by atoms with E-state index in [-0.39, 0.29) is 36.0 Å². The summed E-state index contributed by atoms with van der Waals surface area (Å²) >= 11 is 1.34. The van der Waals surface area contributed by atoms with Gasteiger partial charge >= 0.3 is 5.97 Å². The van der Waals surface area contributed by atoms with Gasteiger partial charge in [0.15, 0.2) is 5.96 Å². The average Bonchev–Trinajstić information content (AvgIpc) is 2.92. The number of esters is 1. The van der Waals surface area contributed by atoms with Gasteiger partial charge in [-0.05, 0) is 27.7 Å². The summed E-state index contributed by atoms with van der Waals surface area (Å²) < 4.78 is 10.3. The molecule has 0 spiro atoms. The predicted octanol–water partition coefficient (Wildman–Crippen LogP) is 2.51. The van der Waals surface area contributed by atoms with Crippen molar-refractivity contribution in [1.29, 1.82) is 0 Å². The van der Waals surface area contributed by atoms with Crippen LogP contribution in [0.15, 0.2) is 4.99 Å². The molecule has 0 bridgehead atoms. The van der Waals surface area contributed by atoms with Gasteiger partial charge in [0.25, 0.3) is 0 Å². The van der Waals surface area contributed by atoms with Crippen molar-refractivity contribution in [3.63, 3.8) is 0 Å². The number of hydrogen-bond acceptors (Lipinski definition) is 6. The Balaban J connectivity index is 0.00000529. The highest BCUT2D eigenvalue weighted by Gasteiger charge is 2.19. The first-order chi connectivity index (χ1) is 11.0. The molecule has 0 aliphatic rings. The summed E-state index contributed by atoms with van der Waals surface area (Å²) in [6.45, 7) is 9.88. The molecule has 138 valence electrons. The summed E-state index contributed by atoms with van der Waals surface area (Å²) in [6, 6.07) is -0.0693. The van der Waals surface area contributed by atoms with E-state index in [1.54, 1.807) is 14.0 Å². The zero-order valence-electron chi connectivity index (χ0n) is 14.8. The number of aryl methyl sites for hydroxylation is 1. The van der Waals surface area contributed by atoms with Gasteiger partial charge in [-0.25, -0.2) is 9.78 Å². The number of guanidine groups is 1. The van der Waals surface area contributed by atoms with Gasteiger partial charge in [0.05, 0.1) is 24.9 Å². The molecule has 0 radical (unpaired) electrons. The summed E-state index contributed by atoms with van der Waals surface area (Å²) in [4.78, 5) is 21.0. The quantitative estimate of drug-likeness (QED) is 0.200. The molecule has 0 aliphatic heterocycles. The molecule has 1 heterocycles. The summed E-state index contributed by atoms with van der Waals surface area (Å²) in [5.41, 5.74) is 0.691. The Bertz CT molecular complexity index is 537. The second kappa shape index (κ2) is 12.4. The molecule has 7 nitrogen and oxygen atoms in total. The van der Waals surface area contributed by atoms with E-state index in [2.05, 4.69) is 20.6 Å². The van der Waals surface area contributed by atoms with Gasteiger partial charge in [-0.3, -0.25) is 4.99 Å². The molecule has 0 saturated carbocycles. The largest absolute Gasteiger partial charge is 0.462 e. The second-order valence-electron chi connectivity index (χ2n) is 4.75. The van der Waals surface area contributed by atoms with Crippen LogP contribution in [-0.2, 0) is 9.47 Å². The number of nitrogens with one attached hydrogen (secondary N) is 2. The maximum absolute atomic E-state index is 11.9. The summed E-state index contributed by atoms with van der Waals surface area (Å²) in [6.07, 6.45) is 0. The fraction of sp³-hybridized carbons (Fsp3) is 0.667. The zero-order valence-corrected chi connectivity index (χ0v) is 18.0. The molecule has 2 N–H and O–H groups in total. The summed E-state index contributed by atoms with van der Waals surface area (Å²) in [7, 11) is 1.71. The first kappa shape index (κ1) is 23.1. The van der Waals surface area contributed by atoms with Crippen molar-refractivity contribution in [3.05, 3.63) is 15.6 Å². The topological polar surface area (TPSA) is 84.8 Å². The third-order valence-electron chi connectivity index (χ3n) is 2.96. The minimum Gasteiger partial charge on any atom is -0.462 e. The molecular formula is C15H27IN4O3S. The minimum atomic E-state index is -0.319. The van der Waals surface area contributed by atoms with Gasteiger partial charge < -0.3 is 20.1 Å². The molecule has 1 atom stereocenters. The van der Waals surface area contributed by atoms with E-state index in [9.17, 15) is 4.79 Å². The van der Waals surface area contributed by atoms with E-state index in [1.165, 1.54) is 11.3 Å². The van der Waals surface area contributed by atoms with Crippen LogP contribution in [0.1, 0.15) is 47.2 Å². The number of hydrogen-bond donors (Lipinski definition) is 2. The fourth-order valence-corrected chi connectivity index (χ4v) is 2.80. The van der Waals surface area contributed by atoms with Crippen LogP contribution in [0, 0.1) is 6.92 Å². The predicted molar refractivity (Wildman–Crippen MR) is 108 cm³/mol. The first-order valence-corrected chi connectivity index (χ1v) is 8.54. The lowest BCUT2D eigenvalue weighted by molar-refractivity contribution is 0.0531. The van der Waals surface area contributed by atoms with Crippen LogP contribution in [0.3, 0.4) is 0 Å². The highest BCUT2D eigenvalue weighted by Crippen LogP contribution is 2.24. The third-order valence-corrected chi connectivity index (χ3v) is 4.28. The Kier molecular flexibility index (Phi) is 11.9. The lowest BCUT2D eigenvalue weighted by Crippen LogP contribution is -2.40. The highest BCUT2D eigenvalue weighted by molar-refractivity contribution is 14.0. The Morgan fingerprint density at radius 2 is 2.08 bits per heavy atom. The summed E-state index contributed by atoms with van der Waals surface area (Å²) in [5, 5.41) is 7.24. The van der Waals surface area contributed by atoms with Crippen molar-refractivity contribution >= 4 is 47.2 Å². The average molecular weight is 470 g/mol. The van der Waals surface area contributed by atoms with E-state index < -0.39 is 0 Å². The molecule has 0 saturated heterocycles. The number of rotatable bonds is 8. The van der Waals surface area contributed by atoms with E-state index in [0.29, 0.717) is 42.9 Å². The zero-order chi connectivity index (χ0) is 17.2. The van der Waals surface area contributed by atoms with Crippen LogP contribution in [0.5, 0.6) is 0 Å². The number of carbonyl (C=O) groups is 1. The van der Waals surface area contributed by atoms with Crippen molar-refractivity contribution in [3.8, 4) is 0 Å². The normalized spacial score (nSPS) is 12.3. The second-order valence-corrected chi connectivity index (χ2v) is 5.78. The Labute approximate surface area is 164 Å². The lowest BCUT2D eigenvalue weighted by atomic mass is 10.3. The molecule has 1 rings (SSSR count). The molecular weight excluding hydrogens is 443 g/mol. The first-order valence-electron chi connectivity index (χ1n) is 7.72. The fourth-order valence-electron chi connectivity index (χ4n) is 1.84. The maximum atomic E-state index is 11.9. The van der Waals surface area contributed by atoms with Crippen molar-refractivity contribution in [2.75, 3.05) is 33.4 Å². The standard InChI is InChI=1S/C15H26N4O3S.HI/c1-6-21-9-8-17-15(16-5)19-11(4)13-18-10(3)12(23-13)14(20)22-7-2;/h11H,6-9H2,1-5H3,(H2,16,17,19);1H. The van der Waals surface area contributed by atoms with E-state index >= 15 is 0 Å². The number of halogens is 1. The molecule has 9 heteroatoms. The van der Waals surface area contributed by atoms with Crippen LogP contribution in [-0.4, -0.2) is 50.3 Å². The molecule has 0 aliphatic carbocycles. The van der Waals surface area contributed by atoms with Gasteiger partial charge in [-0.2, -0.15) is 0 Å². The molecule has 1 aromatic heterocycles. The molecule has 1 aromatic rings. The van der Waals surface area contributed by atoms with Gasteiger partial charge in [0, 0.05) is 20.2 Å². The molecule has 1 unspecified atom stereocenters. The number of aromatic nitrogens is 1. The van der Waals surface area contributed by atoms with E-state index in [0.717, 1.165) is 5.01 Å². The van der Waals surface area contributed by atoms with Gasteiger partial charge in [-0.15, -0.1) is 35.3 Å². The number of ether oxygens (including phenoxy) is 2. The van der Waals surface area contributed by atoms with Crippen molar-refractivity contribution in [1.82, 2.24) is 15.6 Å². The Morgan fingerprint density at radius 3 is 2.67 bits per heavy atom. The highest BCUT2D eigenvalue weighted by atomic mass is 127. The van der Waals surface area contributed by atoms with Crippen LogP contribution in [0.4, 0.5) is 0 Å². The van der Waals surface area contributed by atoms with Crippen molar-refractivity contribution < 1.29 is 14.3 Å². The van der Waals surface area contributed by atoms with Crippen LogP contribution < -0.4 is 10.6 Å². The lowest BCUT2D eigenvalue weighted by Gasteiger charge is -2.16. The van der Waals surface area contributed by atoms with Crippen LogP contribution in [0.25, 0.3) is 0 Å². The van der Waals surface area contributed by atoms with Crippen molar-refractivity contribution in [2.24, 2.45) is 4.99 Å². The number of nitrogens with zero attached hydrogens (tertiary/aromatic N) is 2. The van der Waals surface area contributed by atoms with Gasteiger partial charge in [-0.1, -0.05) is 0 Å². The van der Waals surface area contributed by atoms with Gasteiger partial charge in [0.1, 0.15) is 9.88 Å². The molecule has 0 amide bonds. The Morgan fingerprint density at radius 1 is 1.38 bits per heavy atom.